The summed E-state index contributed by atoms with van der Waals surface area (Å²) in [5, 5.41) is 0. The third kappa shape index (κ3) is 159. The van der Waals surface area contributed by atoms with Crippen molar-refractivity contribution in [2.45, 2.75) is 89.0 Å². The van der Waals surface area contributed by atoms with Gasteiger partial charge in [0.25, 0.3) is 0 Å². The fraction of sp³-hybridized carbons (Fsp3) is 0.875. The lowest BCUT2D eigenvalue weighted by Crippen LogP contribution is -1.79. The number of allylic oxidation sites excluding steroid dienone is 2. The second-order valence-electron chi connectivity index (χ2n) is 2.91. The number of hydrogen-bond donors (Lipinski definition) is 0. The van der Waals surface area contributed by atoms with Crippen LogP contribution in [0, 0.1) is 5.92 Å². The van der Waals surface area contributed by atoms with Crippen molar-refractivity contribution in [3.05, 3.63) is 12.2 Å². The maximum absolute atomic E-state index is 2.22. The molecule has 0 heterocycles. The second kappa shape index (κ2) is 61.3. The first-order valence-electron chi connectivity index (χ1n) is 7.30. The molecule has 0 saturated carbocycles. The molecule has 0 aromatic rings. The Balaban J connectivity index is -0.0000000379. The maximum atomic E-state index is 2.22. The molecular formula is C16H40. The van der Waals surface area contributed by atoms with E-state index in [-0.39, 0.29) is 0 Å². The molecular weight excluding hydrogens is 192 g/mol. The topological polar surface area (TPSA) is 0 Å². The average Bonchev–Trinajstić information content (AvgIpc) is 2.35. The highest BCUT2D eigenvalue weighted by Crippen LogP contribution is 1.98. The van der Waals surface area contributed by atoms with Crippen LogP contribution >= 0.6 is 0 Å². The summed E-state index contributed by atoms with van der Waals surface area (Å²) < 4.78 is 0. The van der Waals surface area contributed by atoms with Gasteiger partial charge in [-0.05, 0) is 19.3 Å². The molecule has 0 fully saturated rings. The molecule has 0 unspecified atom stereocenters. The minimum atomic E-state index is 0.816. The van der Waals surface area contributed by atoms with Crippen molar-refractivity contribution in [1.29, 1.82) is 0 Å². The highest BCUT2D eigenvalue weighted by Gasteiger charge is 1.83. The molecule has 0 heteroatoms. The van der Waals surface area contributed by atoms with E-state index in [2.05, 4.69) is 46.8 Å². The molecule has 0 spiro atoms. The second-order valence-corrected chi connectivity index (χ2v) is 2.91. The molecule has 0 aliphatic heterocycles. The molecule has 0 aromatic heterocycles. The van der Waals surface area contributed by atoms with Gasteiger partial charge in [0.2, 0.25) is 0 Å². The Labute approximate surface area is 108 Å². The Hall–Kier alpha value is -0.260. The monoisotopic (exact) mass is 232 g/mol. The van der Waals surface area contributed by atoms with E-state index in [1.165, 1.54) is 12.8 Å². The van der Waals surface area contributed by atoms with Crippen molar-refractivity contribution in [2.75, 3.05) is 0 Å². The smallest absolute Gasteiger partial charge is 0.0328 e. The first kappa shape index (κ1) is 29.6. The molecule has 0 radical (unpaired) electrons. The summed E-state index contributed by atoms with van der Waals surface area (Å²) in [7, 11) is 0. The van der Waals surface area contributed by atoms with Crippen molar-refractivity contribution < 1.29 is 0 Å². The first-order chi connectivity index (χ1) is 7.68. The van der Waals surface area contributed by atoms with Crippen molar-refractivity contribution in [3.63, 3.8) is 0 Å². The van der Waals surface area contributed by atoms with Crippen LogP contribution in [-0.4, -0.2) is 0 Å². The Morgan fingerprint density at radius 2 is 1.06 bits per heavy atom. The van der Waals surface area contributed by atoms with Crippen molar-refractivity contribution >= 4 is 0 Å². The van der Waals surface area contributed by atoms with E-state index in [1.807, 2.05) is 41.5 Å². The van der Waals surface area contributed by atoms with Crippen molar-refractivity contribution in [3.8, 4) is 0 Å². The SMILES string of the molecule is CC.CC.CC.CC=CCC(C)C.CCC. The first-order valence-corrected chi connectivity index (χ1v) is 7.30. The lowest BCUT2D eigenvalue weighted by atomic mass is 10.1. The van der Waals surface area contributed by atoms with E-state index in [0.29, 0.717) is 0 Å². The summed E-state index contributed by atoms with van der Waals surface area (Å²) in [5.74, 6) is 0.816. The van der Waals surface area contributed by atoms with Crippen LogP contribution < -0.4 is 0 Å². The van der Waals surface area contributed by atoms with Crippen LogP contribution in [0.25, 0.3) is 0 Å². The minimum absolute atomic E-state index is 0.816. The van der Waals surface area contributed by atoms with Crippen molar-refractivity contribution in [2.24, 2.45) is 5.92 Å². The van der Waals surface area contributed by atoms with Crippen LogP contribution in [0.3, 0.4) is 0 Å². The van der Waals surface area contributed by atoms with Gasteiger partial charge in [-0.3, -0.25) is 0 Å². The van der Waals surface area contributed by atoms with Gasteiger partial charge in [-0.1, -0.05) is 87.8 Å². The van der Waals surface area contributed by atoms with E-state index < -0.39 is 0 Å². The van der Waals surface area contributed by atoms with Crippen LogP contribution in [0.4, 0.5) is 0 Å². The van der Waals surface area contributed by atoms with Crippen LogP contribution in [0.1, 0.15) is 89.0 Å². The van der Waals surface area contributed by atoms with E-state index >= 15 is 0 Å². The van der Waals surface area contributed by atoms with Gasteiger partial charge in [-0.25, -0.2) is 0 Å². The Morgan fingerprint density at radius 1 is 0.812 bits per heavy atom. The molecule has 104 valence electrons. The zero-order valence-corrected chi connectivity index (χ0v) is 14.1. The molecule has 16 heavy (non-hydrogen) atoms. The largest absolute Gasteiger partial charge is 0.0917 e. The summed E-state index contributed by atoms with van der Waals surface area (Å²) in [6.07, 6.45) is 6.77. The summed E-state index contributed by atoms with van der Waals surface area (Å²) >= 11 is 0. The molecule has 0 aliphatic rings. The van der Waals surface area contributed by atoms with Crippen LogP contribution in [-0.2, 0) is 0 Å². The van der Waals surface area contributed by atoms with Gasteiger partial charge >= 0.3 is 0 Å². The van der Waals surface area contributed by atoms with E-state index in [0.717, 1.165) is 5.92 Å². The molecule has 0 aromatic carbocycles. The molecule has 0 rings (SSSR count). The van der Waals surface area contributed by atoms with Gasteiger partial charge < -0.3 is 0 Å². The highest BCUT2D eigenvalue weighted by atomic mass is 13.9. The van der Waals surface area contributed by atoms with E-state index in [1.54, 1.807) is 0 Å². The Morgan fingerprint density at radius 3 is 1.12 bits per heavy atom. The third-order valence-corrected chi connectivity index (χ3v) is 0.843. The highest BCUT2D eigenvalue weighted by molar-refractivity contribution is 4.77. The molecule has 0 amide bonds. The van der Waals surface area contributed by atoms with E-state index in [4.69, 9.17) is 0 Å². The van der Waals surface area contributed by atoms with Crippen molar-refractivity contribution in [1.82, 2.24) is 0 Å². The quantitative estimate of drug-likeness (QED) is 0.445. The normalized spacial score (nSPS) is 7.25. The minimum Gasteiger partial charge on any atom is -0.0917 e. The van der Waals surface area contributed by atoms with Gasteiger partial charge in [0.05, 0.1) is 0 Å². The van der Waals surface area contributed by atoms with Crippen LogP contribution in [0.5, 0.6) is 0 Å². The standard InChI is InChI=1S/C7H14.C3H8.3C2H6/c1-4-5-6-7(2)3;1-3-2;3*1-2/h4-5,7H,6H2,1-3H3;3H2,1-2H3;3*1-2H3. The van der Waals surface area contributed by atoms with E-state index in [9.17, 15) is 0 Å². The summed E-state index contributed by atoms with van der Waals surface area (Å²) in [6.45, 7) is 22.8. The van der Waals surface area contributed by atoms with Gasteiger partial charge in [-0.15, -0.1) is 0 Å². The maximum Gasteiger partial charge on any atom is -0.0328 e. The number of hydrogen-bond acceptors (Lipinski definition) is 0. The number of rotatable bonds is 2. The molecule has 0 bridgehead atoms. The van der Waals surface area contributed by atoms with Gasteiger partial charge in [0.1, 0.15) is 0 Å². The predicted molar refractivity (Wildman–Crippen MR) is 84.3 cm³/mol. The van der Waals surface area contributed by atoms with Crippen LogP contribution in [0.2, 0.25) is 0 Å². The molecule has 0 saturated heterocycles. The van der Waals surface area contributed by atoms with Gasteiger partial charge in [0.15, 0.2) is 0 Å². The predicted octanol–water partition coefficient (Wildman–Crippen LogP) is 7.10. The van der Waals surface area contributed by atoms with Crippen LogP contribution in [0.15, 0.2) is 12.2 Å². The van der Waals surface area contributed by atoms with Gasteiger partial charge in [-0.2, -0.15) is 0 Å². The average molecular weight is 232 g/mol. The molecule has 0 nitrogen and oxygen atoms in total. The fourth-order valence-electron chi connectivity index (χ4n) is 0.408. The fourth-order valence-corrected chi connectivity index (χ4v) is 0.408. The summed E-state index contributed by atoms with van der Waals surface area (Å²) in [6, 6.07) is 0. The summed E-state index contributed by atoms with van der Waals surface area (Å²) in [5.41, 5.74) is 0. The zero-order valence-electron chi connectivity index (χ0n) is 14.1. The van der Waals surface area contributed by atoms with Gasteiger partial charge in [0, 0.05) is 0 Å². The third-order valence-electron chi connectivity index (χ3n) is 0.843. The summed E-state index contributed by atoms with van der Waals surface area (Å²) in [4.78, 5) is 0. The molecule has 0 atom stereocenters. The molecule has 0 N–H and O–H groups in total. The molecule has 0 aliphatic carbocycles. The Kier molecular flexibility index (Phi) is 114. The Bertz CT molecular complexity index is 60.4. The lowest BCUT2D eigenvalue weighted by molar-refractivity contribution is 0.663. The zero-order chi connectivity index (χ0) is 14.4. The lowest BCUT2D eigenvalue weighted by Gasteiger charge is -1.93.